The summed E-state index contributed by atoms with van der Waals surface area (Å²) in [7, 11) is -1.76. The number of nitrogens with one attached hydrogen (secondary N) is 1. The molecule has 31 heavy (non-hydrogen) atoms. The zero-order chi connectivity index (χ0) is 22.2. The fourth-order valence-electron chi connectivity index (χ4n) is 3.36. The van der Waals surface area contributed by atoms with Gasteiger partial charge in [0.05, 0.1) is 4.90 Å². The lowest BCUT2D eigenvalue weighted by Gasteiger charge is -2.29. The molecule has 1 aromatic carbocycles. The number of sulfonamides is 1. The van der Waals surface area contributed by atoms with Crippen LogP contribution in [0.15, 0.2) is 39.6 Å². The van der Waals surface area contributed by atoms with Crippen LogP contribution in [0.2, 0.25) is 0 Å². The van der Waals surface area contributed by atoms with Gasteiger partial charge >= 0.3 is 6.01 Å². The largest absolute Gasteiger partial charge is 0.401 e. The van der Waals surface area contributed by atoms with E-state index in [2.05, 4.69) is 27.5 Å². The van der Waals surface area contributed by atoms with Crippen molar-refractivity contribution >= 4 is 21.9 Å². The van der Waals surface area contributed by atoms with E-state index in [1.807, 2.05) is 6.92 Å². The molecule has 3 aromatic rings. The predicted octanol–water partition coefficient (Wildman–Crippen LogP) is 2.45. The van der Waals surface area contributed by atoms with Gasteiger partial charge in [-0.1, -0.05) is 12.0 Å². The van der Waals surface area contributed by atoms with Crippen molar-refractivity contribution in [2.45, 2.75) is 31.6 Å². The number of anilines is 1. The van der Waals surface area contributed by atoms with E-state index < -0.39 is 15.9 Å². The highest BCUT2D eigenvalue weighted by Gasteiger charge is 2.28. The number of aromatic nitrogens is 4. The Morgan fingerprint density at radius 3 is 2.45 bits per heavy atom. The van der Waals surface area contributed by atoms with Crippen LogP contribution in [0.1, 0.15) is 35.8 Å². The molecule has 164 valence electrons. The highest BCUT2D eigenvalue weighted by Crippen LogP contribution is 2.24. The third-order valence-electron chi connectivity index (χ3n) is 5.48. The number of nitrogens with zero attached hydrogens (tertiary/aromatic N) is 5. The average Bonchev–Trinajstić information content (AvgIpc) is 3.35. The maximum atomic E-state index is 12.8. The van der Waals surface area contributed by atoms with Crippen molar-refractivity contribution in [3.63, 3.8) is 0 Å². The molecule has 0 atom stereocenters. The van der Waals surface area contributed by atoms with Crippen molar-refractivity contribution < 1.29 is 17.6 Å². The molecule has 1 amide bonds. The van der Waals surface area contributed by atoms with Gasteiger partial charge in [-0.3, -0.25) is 14.8 Å². The molecule has 1 aliphatic heterocycles. The van der Waals surface area contributed by atoms with Gasteiger partial charge in [0.1, 0.15) is 5.69 Å². The highest BCUT2D eigenvalue weighted by atomic mass is 32.2. The van der Waals surface area contributed by atoms with Crippen LogP contribution in [-0.4, -0.2) is 51.7 Å². The molecule has 0 radical (unpaired) electrons. The Morgan fingerprint density at radius 1 is 1.16 bits per heavy atom. The van der Waals surface area contributed by atoms with Crippen LogP contribution < -0.4 is 5.32 Å². The third kappa shape index (κ3) is 4.37. The first-order valence-electron chi connectivity index (χ1n) is 10.00. The highest BCUT2D eigenvalue weighted by molar-refractivity contribution is 7.89. The van der Waals surface area contributed by atoms with E-state index in [9.17, 15) is 13.2 Å². The molecule has 3 heterocycles. The second kappa shape index (κ2) is 8.23. The first-order valence-corrected chi connectivity index (χ1v) is 11.4. The van der Waals surface area contributed by atoms with Crippen molar-refractivity contribution in [1.82, 2.24) is 24.3 Å². The minimum absolute atomic E-state index is 0.0672. The van der Waals surface area contributed by atoms with Crippen molar-refractivity contribution in [3.8, 4) is 11.6 Å². The van der Waals surface area contributed by atoms with Gasteiger partial charge in [0, 0.05) is 31.4 Å². The Labute approximate surface area is 180 Å². The number of piperidine rings is 1. The number of hydrogen-bond acceptors (Lipinski definition) is 7. The second-order valence-electron chi connectivity index (χ2n) is 7.77. The molecule has 0 unspecified atom stereocenters. The molecule has 2 aromatic heterocycles. The van der Waals surface area contributed by atoms with Crippen LogP contribution in [0.3, 0.4) is 0 Å². The van der Waals surface area contributed by atoms with Crippen molar-refractivity contribution in [2.75, 3.05) is 18.4 Å². The van der Waals surface area contributed by atoms with E-state index in [1.165, 1.54) is 28.6 Å². The topological polar surface area (TPSA) is 123 Å². The summed E-state index contributed by atoms with van der Waals surface area (Å²) < 4.78 is 34.3. The first kappa shape index (κ1) is 21.2. The van der Waals surface area contributed by atoms with Crippen LogP contribution in [-0.2, 0) is 17.1 Å². The molecule has 11 heteroatoms. The lowest BCUT2D eigenvalue weighted by atomic mass is 10.0. The molecule has 0 spiro atoms. The standard InChI is InChI=1S/C20H24N6O4S/c1-13-8-10-26(11-9-13)31(28,29)16-6-4-15(5-7-16)18(27)21-20-23-22-19(30-20)17-12-14(2)25(3)24-17/h4-7,12-13H,8-11H2,1-3H3,(H,21,23,27). The van der Waals surface area contributed by atoms with Gasteiger partial charge in [0.15, 0.2) is 0 Å². The summed E-state index contributed by atoms with van der Waals surface area (Å²) >= 11 is 0. The minimum Gasteiger partial charge on any atom is -0.401 e. The Morgan fingerprint density at radius 2 is 1.84 bits per heavy atom. The third-order valence-corrected chi connectivity index (χ3v) is 7.39. The van der Waals surface area contributed by atoms with E-state index in [0.29, 0.717) is 24.7 Å². The van der Waals surface area contributed by atoms with E-state index in [-0.39, 0.29) is 22.4 Å². The fourth-order valence-corrected chi connectivity index (χ4v) is 4.83. The van der Waals surface area contributed by atoms with E-state index >= 15 is 0 Å². The quantitative estimate of drug-likeness (QED) is 0.641. The van der Waals surface area contributed by atoms with Gasteiger partial charge in [-0.25, -0.2) is 8.42 Å². The van der Waals surface area contributed by atoms with Crippen molar-refractivity contribution in [3.05, 3.63) is 41.6 Å². The Hall–Kier alpha value is -3.05. The first-order chi connectivity index (χ1) is 14.7. The number of hydrogen-bond donors (Lipinski definition) is 1. The predicted molar refractivity (Wildman–Crippen MR) is 113 cm³/mol. The molecule has 1 aliphatic rings. The summed E-state index contributed by atoms with van der Waals surface area (Å²) in [5.74, 6) is 0.240. The molecular weight excluding hydrogens is 420 g/mol. The smallest absolute Gasteiger partial charge is 0.322 e. The average molecular weight is 445 g/mol. The number of rotatable bonds is 5. The molecule has 0 saturated carbocycles. The molecule has 0 aliphatic carbocycles. The fraction of sp³-hybridized carbons (Fsp3) is 0.400. The normalized spacial score (nSPS) is 15.8. The molecule has 1 fully saturated rings. The molecule has 0 bridgehead atoms. The molecule has 1 N–H and O–H groups in total. The summed E-state index contributed by atoms with van der Waals surface area (Å²) in [5, 5.41) is 14.5. The molecule has 1 saturated heterocycles. The number of aryl methyl sites for hydroxylation is 2. The van der Waals surface area contributed by atoms with Crippen LogP contribution in [0, 0.1) is 12.8 Å². The second-order valence-corrected chi connectivity index (χ2v) is 9.71. The van der Waals surface area contributed by atoms with Crippen molar-refractivity contribution in [1.29, 1.82) is 0 Å². The summed E-state index contributed by atoms with van der Waals surface area (Å²) in [4.78, 5) is 12.7. The number of carbonyl (C=O) groups excluding carboxylic acids is 1. The van der Waals surface area contributed by atoms with Gasteiger partial charge in [0.2, 0.25) is 10.0 Å². The Bertz CT molecular complexity index is 1170. The summed E-state index contributed by atoms with van der Waals surface area (Å²) in [6.07, 6.45) is 1.70. The number of carbonyl (C=O) groups is 1. The zero-order valence-electron chi connectivity index (χ0n) is 17.6. The van der Waals surface area contributed by atoms with Crippen LogP contribution >= 0.6 is 0 Å². The van der Waals surface area contributed by atoms with Crippen LogP contribution in [0.25, 0.3) is 11.6 Å². The van der Waals surface area contributed by atoms with Gasteiger partial charge in [-0.05, 0) is 56.0 Å². The summed E-state index contributed by atoms with van der Waals surface area (Å²) in [6.45, 7) is 5.05. The maximum absolute atomic E-state index is 12.8. The van der Waals surface area contributed by atoms with Gasteiger partial charge in [-0.2, -0.15) is 9.40 Å². The SMILES string of the molecule is Cc1cc(-c2nnc(NC(=O)c3ccc(S(=O)(=O)N4CCC(C)CC4)cc3)o2)nn1C. The van der Waals surface area contributed by atoms with Crippen LogP contribution in [0.4, 0.5) is 6.01 Å². The van der Waals surface area contributed by atoms with E-state index in [1.54, 1.807) is 17.8 Å². The number of benzene rings is 1. The summed E-state index contributed by atoms with van der Waals surface area (Å²) in [6, 6.07) is 7.54. The lowest BCUT2D eigenvalue weighted by molar-refractivity contribution is 0.102. The maximum Gasteiger partial charge on any atom is 0.322 e. The molecular formula is C20H24N6O4S. The van der Waals surface area contributed by atoms with E-state index in [0.717, 1.165) is 18.5 Å². The zero-order valence-corrected chi connectivity index (χ0v) is 18.4. The van der Waals surface area contributed by atoms with Gasteiger partial charge in [0.25, 0.3) is 11.8 Å². The van der Waals surface area contributed by atoms with E-state index in [4.69, 9.17) is 4.42 Å². The van der Waals surface area contributed by atoms with Crippen LogP contribution in [0.5, 0.6) is 0 Å². The van der Waals surface area contributed by atoms with Gasteiger partial charge in [-0.15, -0.1) is 5.10 Å². The minimum atomic E-state index is -3.56. The lowest BCUT2D eigenvalue weighted by Crippen LogP contribution is -2.37. The number of amides is 1. The Balaban J connectivity index is 1.44. The molecule has 10 nitrogen and oxygen atoms in total. The van der Waals surface area contributed by atoms with Crippen molar-refractivity contribution in [2.24, 2.45) is 13.0 Å². The summed E-state index contributed by atoms with van der Waals surface area (Å²) in [5.41, 5.74) is 1.71. The molecule has 4 rings (SSSR count). The monoisotopic (exact) mass is 444 g/mol. The van der Waals surface area contributed by atoms with Gasteiger partial charge < -0.3 is 4.42 Å². The Kier molecular flexibility index (Phi) is 5.63.